The number of aromatic carboxylic acids is 1. The molecule has 18 heavy (non-hydrogen) atoms. The SMILES string of the molecule is O=C(O)c1csc2ccc(Cn3ccnc3)cc12. The number of hydrogen-bond acceptors (Lipinski definition) is 3. The van der Waals surface area contributed by atoms with Gasteiger partial charge >= 0.3 is 5.97 Å². The number of imidazole rings is 1. The van der Waals surface area contributed by atoms with Gasteiger partial charge in [0, 0.05) is 34.4 Å². The third-order valence-corrected chi connectivity index (χ3v) is 3.76. The van der Waals surface area contributed by atoms with Crippen LogP contribution in [0.25, 0.3) is 10.1 Å². The second-order valence-corrected chi connectivity index (χ2v) is 4.93. The van der Waals surface area contributed by atoms with Crippen LogP contribution in [0.3, 0.4) is 0 Å². The number of carboxylic acids is 1. The monoisotopic (exact) mass is 258 g/mol. The van der Waals surface area contributed by atoms with Gasteiger partial charge in [0.05, 0.1) is 11.9 Å². The first-order valence-electron chi connectivity index (χ1n) is 5.43. The summed E-state index contributed by atoms with van der Waals surface area (Å²) < 4.78 is 2.95. The molecule has 0 fully saturated rings. The van der Waals surface area contributed by atoms with E-state index in [-0.39, 0.29) is 0 Å². The van der Waals surface area contributed by atoms with Crippen molar-refractivity contribution in [3.05, 3.63) is 53.4 Å². The minimum atomic E-state index is -0.874. The molecule has 0 aliphatic rings. The Labute approximate surface area is 107 Å². The van der Waals surface area contributed by atoms with E-state index in [1.54, 1.807) is 17.9 Å². The van der Waals surface area contributed by atoms with Crippen LogP contribution in [-0.4, -0.2) is 20.6 Å². The Balaban J connectivity index is 2.04. The normalized spacial score (nSPS) is 10.9. The molecule has 2 aromatic heterocycles. The highest BCUT2D eigenvalue weighted by atomic mass is 32.1. The molecule has 1 N–H and O–H groups in total. The number of hydrogen-bond donors (Lipinski definition) is 1. The second-order valence-electron chi connectivity index (χ2n) is 4.02. The molecule has 0 bridgehead atoms. The largest absolute Gasteiger partial charge is 0.478 e. The van der Waals surface area contributed by atoms with Gasteiger partial charge in [0.25, 0.3) is 0 Å². The van der Waals surface area contributed by atoms with Crippen LogP contribution in [-0.2, 0) is 6.54 Å². The van der Waals surface area contributed by atoms with E-state index in [0.717, 1.165) is 15.6 Å². The van der Waals surface area contributed by atoms with Gasteiger partial charge in [-0.25, -0.2) is 9.78 Å². The first-order valence-corrected chi connectivity index (χ1v) is 6.31. The molecule has 5 heteroatoms. The number of nitrogens with zero attached hydrogens (tertiary/aromatic N) is 2. The average Bonchev–Trinajstić information content (AvgIpc) is 2.97. The van der Waals surface area contributed by atoms with Crippen molar-refractivity contribution in [2.75, 3.05) is 0 Å². The number of benzene rings is 1. The lowest BCUT2D eigenvalue weighted by Gasteiger charge is -2.03. The van der Waals surface area contributed by atoms with Crippen LogP contribution >= 0.6 is 11.3 Å². The molecule has 0 amide bonds. The van der Waals surface area contributed by atoms with Gasteiger partial charge in [-0.3, -0.25) is 0 Å². The Morgan fingerprint density at radius 2 is 2.33 bits per heavy atom. The molecule has 0 saturated heterocycles. The first-order chi connectivity index (χ1) is 8.74. The van der Waals surface area contributed by atoms with Crippen molar-refractivity contribution in [3.8, 4) is 0 Å². The van der Waals surface area contributed by atoms with Gasteiger partial charge in [0.2, 0.25) is 0 Å². The first kappa shape index (κ1) is 11.0. The van der Waals surface area contributed by atoms with Gasteiger partial charge in [-0.1, -0.05) is 6.07 Å². The predicted octanol–water partition coefficient (Wildman–Crippen LogP) is 2.84. The zero-order chi connectivity index (χ0) is 12.5. The average molecular weight is 258 g/mol. The van der Waals surface area contributed by atoms with Crippen LogP contribution in [0, 0.1) is 0 Å². The molecule has 0 radical (unpaired) electrons. The van der Waals surface area contributed by atoms with Gasteiger partial charge in [-0.05, 0) is 17.7 Å². The maximum Gasteiger partial charge on any atom is 0.337 e. The zero-order valence-electron chi connectivity index (χ0n) is 9.41. The van der Waals surface area contributed by atoms with E-state index >= 15 is 0 Å². The fourth-order valence-electron chi connectivity index (χ4n) is 1.93. The molecule has 2 heterocycles. The van der Waals surface area contributed by atoms with Crippen molar-refractivity contribution < 1.29 is 9.90 Å². The number of thiophene rings is 1. The fraction of sp³-hybridized carbons (Fsp3) is 0.0769. The standard InChI is InChI=1S/C13H10N2O2S/c16-13(17)11-7-18-12-2-1-9(5-10(11)12)6-15-4-3-14-8-15/h1-5,7-8H,6H2,(H,16,17). The van der Waals surface area contributed by atoms with E-state index in [1.807, 2.05) is 29.0 Å². The number of rotatable bonds is 3. The highest BCUT2D eigenvalue weighted by Gasteiger charge is 2.11. The van der Waals surface area contributed by atoms with E-state index in [2.05, 4.69) is 4.98 Å². The van der Waals surface area contributed by atoms with E-state index < -0.39 is 5.97 Å². The molecule has 90 valence electrons. The van der Waals surface area contributed by atoms with E-state index in [0.29, 0.717) is 12.1 Å². The van der Waals surface area contributed by atoms with Crippen molar-refractivity contribution in [2.24, 2.45) is 0 Å². The van der Waals surface area contributed by atoms with Gasteiger partial charge < -0.3 is 9.67 Å². The predicted molar refractivity (Wildman–Crippen MR) is 70.1 cm³/mol. The third-order valence-electron chi connectivity index (χ3n) is 2.79. The molecule has 0 atom stereocenters. The third kappa shape index (κ3) is 1.89. The van der Waals surface area contributed by atoms with Crippen molar-refractivity contribution in [3.63, 3.8) is 0 Å². The summed E-state index contributed by atoms with van der Waals surface area (Å²) in [7, 11) is 0. The summed E-state index contributed by atoms with van der Waals surface area (Å²) in [5.74, 6) is -0.874. The molecule has 0 aliphatic carbocycles. The Morgan fingerprint density at radius 1 is 1.44 bits per heavy atom. The Hall–Kier alpha value is -2.14. The van der Waals surface area contributed by atoms with Gasteiger partial charge in [-0.15, -0.1) is 11.3 Å². The molecule has 0 unspecified atom stereocenters. The summed E-state index contributed by atoms with van der Waals surface area (Å²) in [4.78, 5) is 15.1. The molecule has 3 aromatic rings. The lowest BCUT2D eigenvalue weighted by atomic mass is 10.1. The second kappa shape index (κ2) is 4.27. The number of carbonyl (C=O) groups is 1. The molecular formula is C13H10N2O2S. The molecule has 0 spiro atoms. The quantitative estimate of drug-likeness (QED) is 0.786. The number of aromatic nitrogens is 2. The Morgan fingerprint density at radius 3 is 3.06 bits per heavy atom. The molecule has 0 aliphatic heterocycles. The summed E-state index contributed by atoms with van der Waals surface area (Å²) in [6.45, 7) is 0.699. The lowest BCUT2D eigenvalue weighted by Crippen LogP contribution is -1.97. The molecule has 4 nitrogen and oxygen atoms in total. The van der Waals surface area contributed by atoms with Gasteiger partial charge in [-0.2, -0.15) is 0 Å². The Bertz CT molecular complexity index is 701. The summed E-state index contributed by atoms with van der Waals surface area (Å²) in [5.41, 5.74) is 1.45. The van der Waals surface area contributed by atoms with Crippen molar-refractivity contribution in [1.29, 1.82) is 0 Å². The molecule has 0 saturated carbocycles. The molecular weight excluding hydrogens is 248 g/mol. The van der Waals surface area contributed by atoms with Crippen LogP contribution in [0.1, 0.15) is 15.9 Å². The number of carboxylic acid groups (broad SMARTS) is 1. The summed E-state index contributed by atoms with van der Waals surface area (Å²) in [6.07, 6.45) is 5.36. The van der Waals surface area contributed by atoms with Crippen molar-refractivity contribution in [2.45, 2.75) is 6.54 Å². The topological polar surface area (TPSA) is 55.1 Å². The lowest BCUT2D eigenvalue weighted by molar-refractivity contribution is 0.0699. The minimum absolute atomic E-state index is 0.377. The van der Waals surface area contributed by atoms with Crippen LogP contribution in [0.2, 0.25) is 0 Å². The smallest absolute Gasteiger partial charge is 0.337 e. The van der Waals surface area contributed by atoms with E-state index in [1.165, 1.54) is 11.3 Å². The number of fused-ring (bicyclic) bond motifs is 1. The van der Waals surface area contributed by atoms with Crippen LogP contribution in [0.5, 0.6) is 0 Å². The van der Waals surface area contributed by atoms with Crippen LogP contribution < -0.4 is 0 Å². The highest BCUT2D eigenvalue weighted by molar-refractivity contribution is 7.17. The maximum atomic E-state index is 11.1. The minimum Gasteiger partial charge on any atom is -0.478 e. The van der Waals surface area contributed by atoms with Crippen molar-refractivity contribution >= 4 is 27.4 Å². The molecule has 3 rings (SSSR count). The van der Waals surface area contributed by atoms with E-state index in [4.69, 9.17) is 5.11 Å². The summed E-state index contributed by atoms with van der Waals surface area (Å²) in [6, 6.07) is 5.93. The van der Waals surface area contributed by atoms with Crippen LogP contribution in [0.15, 0.2) is 42.3 Å². The van der Waals surface area contributed by atoms with E-state index in [9.17, 15) is 4.79 Å². The molecule has 1 aromatic carbocycles. The fourth-order valence-corrected chi connectivity index (χ4v) is 2.85. The Kier molecular flexibility index (Phi) is 2.60. The van der Waals surface area contributed by atoms with Gasteiger partial charge in [0.1, 0.15) is 0 Å². The summed E-state index contributed by atoms with van der Waals surface area (Å²) in [5, 5.41) is 11.6. The van der Waals surface area contributed by atoms with Crippen LogP contribution in [0.4, 0.5) is 0 Å². The maximum absolute atomic E-state index is 11.1. The summed E-state index contributed by atoms with van der Waals surface area (Å²) >= 11 is 1.46. The van der Waals surface area contributed by atoms with Crippen molar-refractivity contribution in [1.82, 2.24) is 9.55 Å². The zero-order valence-corrected chi connectivity index (χ0v) is 10.2. The highest BCUT2D eigenvalue weighted by Crippen LogP contribution is 2.27. The van der Waals surface area contributed by atoms with Gasteiger partial charge in [0.15, 0.2) is 0 Å².